The third-order valence-electron chi connectivity index (χ3n) is 3.04. The van der Waals surface area contributed by atoms with Crippen molar-refractivity contribution >= 4 is 32.9 Å². The van der Waals surface area contributed by atoms with Crippen molar-refractivity contribution in [2.75, 3.05) is 0 Å². The molecular formula is C14H7BrF2N2O2. The van der Waals surface area contributed by atoms with E-state index in [4.69, 9.17) is 5.11 Å². The van der Waals surface area contributed by atoms with Gasteiger partial charge >= 0.3 is 5.97 Å². The second-order valence-electron chi connectivity index (χ2n) is 4.34. The van der Waals surface area contributed by atoms with Gasteiger partial charge in [0.25, 0.3) is 0 Å². The molecule has 0 saturated carbocycles. The Morgan fingerprint density at radius 2 is 1.95 bits per heavy atom. The van der Waals surface area contributed by atoms with Gasteiger partial charge in [0.1, 0.15) is 18.0 Å². The Morgan fingerprint density at radius 1 is 1.19 bits per heavy atom. The SMILES string of the molecule is O=C(O)c1ccc2ncn(-c3cc(Br)c(F)cc3F)c2c1. The quantitative estimate of drug-likeness (QED) is 0.714. The Bertz CT molecular complexity index is 877. The highest BCUT2D eigenvalue weighted by Crippen LogP contribution is 2.26. The Hall–Kier alpha value is -2.28. The minimum absolute atomic E-state index is 0.0610. The Morgan fingerprint density at radius 3 is 2.67 bits per heavy atom. The molecule has 0 fully saturated rings. The molecule has 7 heteroatoms. The summed E-state index contributed by atoms with van der Waals surface area (Å²) >= 11 is 3.00. The fourth-order valence-electron chi connectivity index (χ4n) is 2.03. The molecular weight excluding hydrogens is 346 g/mol. The average Bonchev–Trinajstić information content (AvgIpc) is 2.85. The average molecular weight is 353 g/mol. The maximum absolute atomic E-state index is 14.0. The number of nitrogens with zero attached hydrogens (tertiary/aromatic N) is 2. The Kier molecular flexibility index (Phi) is 3.21. The fraction of sp³-hybridized carbons (Fsp3) is 0. The van der Waals surface area contributed by atoms with Crippen molar-refractivity contribution in [1.82, 2.24) is 9.55 Å². The second-order valence-corrected chi connectivity index (χ2v) is 5.20. The van der Waals surface area contributed by atoms with E-state index >= 15 is 0 Å². The molecule has 3 rings (SSSR count). The molecule has 21 heavy (non-hydrogen) atoms. The van der Waals surface area contributed by atoms with E-state index in [1.54, 1.807) is 0 Å². The zero-order valence-electron chi connectivity index (χ0n) is 10.3. The summed E-state index contributed by atoms with van der Waals surface area (Å²) in [6.07, 6.45) is 1.36. The molecule has 1 N–H and O–H groups in total. The van der Waals surface area contributed by atoms with Crippen molar-refractivity contribution in [2.45, 2.75) is 0 Å². The summed E-state index contributed by atoms with van der Waals surface area (Å²) < 4.78 is 28.7. The number of hydrogen-bond donors (Lipinski definition) is 1. The van der Waals surface area contributed by atoms with Crippen LogP contribution in [0.4, 0.5) is 8.78 Å². The van der Waals surface area contributed by atoms with Gasteiger partial charge in [0.05, 0.1) is 26.8 Å². The predicted octanol–water partition coefficient (Wildman–Crippen LogP) is 3.76. The number of carboxylic acid groups (broad SMARTS) is 1. The van der Waals surface area contributed by atoms with Gasteiger partial charge in [-0.3, -0.25) is 4.57 Å². The van der Waals surface area contributed by atoms with Gasteiger partial charge in [-0.25, -0.2) is 18.6 Å². The lowest BCUT2D eigenvalue weighted by Crippen LogP contribution is -2.00. The molecule has 0 bridgehead atoms. The number of halogens is 3. The van der Waals surface area contributed by atoms with E-state index in [0.717, 1.165) is 6.07 Å². The summed E-state index contributed by atoms with van der Waals surface area (Å²) in [5.41, 5.74) is 1.08. The molecule has 1 heterocycles. The normalized spacial score (nSPS) is 11.0. The van der Waals surface area contributed by atoms with E-state index in [0.29, 0.717) is 11.0 Å². The summed E-state index contributed by atoms with van der Waals surface area (Å²) in [6.45, 7) is 0. The Balaban J connectivity index is 2.27. The molecule has 2 aromatic carbocycles. The van der Waals surface area contributed by atoms with Gasteiger partial charge in [0.2, 0.25) is 0 Å². The van der Waals surface area contributed by atoms with Crippen molar-refractivity contribution in [3.63, 3.8) is 0 Å². The molecule has 0 aliphatic rings. The molecule has 0 amide bonds. The van der Waals surface area contributed by atoms with E-state index in [1.165, 1.54) is 35.2 Å². The lowest BCUT2D eigenvalue weighted by molar-refractivity contribution is 0.0697. The number of carbonyl (C=O) groups is 1. The van der Waals surface area contributed by atoms with Crippen LogP contribution in [0.1, 0.15) is 10.4 Å². The van der Waals surface area contributed by atoms with Crippen LogP contribution < -0.4 is 0 Å². The van der Waals surface area contributed by atoms with Crippen LogP contribution >= 0.6 is 15.9 Å². The summed E-state index contributed by atoms with van der Waals surface area (Å²) in [4.78, 5) is 15.1. The van der Waals surface area contributed by atoms with Crippen molar-refractivity contribution in [3.8, 4) is 5.69 Å². The Labute approximate surface area is 125 Å². The number of hydrogen-bond acceptors (Lipinski definition) is 2. The summed E-state index contributed by atoms with van der Waals surface area (Å²) in [5, 5.41) is 9.02. The van der Waals surface area contributed by atoms with Crippen LogP contribution in [0.25, 0.3) is 16.7 Å². The number of carboxylic acids is 1. The maximum Gasteiger partial charge on any atom is 0.335 e. The zero-order valence-corrected chi connectivity index (χ0v) is 11.9. The van der Waals surface area contributed by atoms with E-state index in [2.05, 4.69) is 20.9 Å². The molecule has 1 aromatic heterocycles. The molecule has 0 aliphatic heterocycles. The van der Waals surface area contributed by atoms with E-state index in [9.17, 15) is 13.6 Å². The van der Waals surface area contributed by atoms with E-state index in [1.807, 2.05) is 0 Å². The first-order valence-corrected chi connectivity index (χ1v) is 6.62. The third-order valence-corrected chi connectivity index (χ3v) is 3.65. The van der Waals surface area contributed by atoms with Crippen molar-refractivity contribution in [2.24, 2.45) is 0 Å². The van der Waals surface area contributed by atoms with Gasteiger partial charge in [0, 0.05) is 6.07 Å². The highest BCUT2D eigenvalue weighted by atomic mass is 79.9. The van der Waals surface area contributed by atoms with E-state index in [-0.39, 0.29) is 15.7 Å². The van der Waals surface area contributed by atoms with Crippen molar-refractivity contribution in [1.29, 1.82) is 0 Å². The summed E-state index contributed by atoms with van der Waals surface area (Å²) in [5.74, 6) is -2.58. The van der Waals surface area contributed by atoms with Crippen LogP contribution in [0.15, 0.2) is 41.1 Å². The predicted molar refractivity (Wildman–Crippen MR) is 75.6 cm³/mol. The maximum atomic E-state index is 14.0. The van der Waals surface area contributed by atoms with Crippen LogP contribution in [0, 0.1) is 11.6 Å². The van der Waals surface area contributed by atoms with E-state index < -0.39 is 17.6 Å². The second kappa shape index (κ2) is 4.92. The lowest BCUT2D eigenvalue weighted by Gasteiger charge is -2.07. The summed E-state index contributed by atoms with van der Waals surface area (Å²) in [7, 11) is 0. The van der Waals surface area contributed by atoms with Crippen molar-refractivity contribution in [3.05, 3.63) is 58.3 Å². The first kappa shape index (κ1) is 13.7. The van der Waals surface area contributed by atoms with Crippen LogP contribution in [0.3, 0.4) is 0 Å². The first-order chi connectivity index (χ1) is 9.97. The van der Waals surface area contributed by atoms with Crippen LogP contribution in [0.5, 0.6) is 0 Å². The largest absolute Gasteiger partial charge is 0.478 e. The highest BCUT2D eigenvalue weighted by Gasteiger charge is 2.14. The van der Waals surface area contributed by atoms with Crippen LogP contribution in [-0.4, -0.2) is 20.6 Å². The molecule has 3 aromatic rings. The molecule has 0 atom stereocenters. The molecule has 0 unspecified atom stereocenters. The van der Waals surface area contributed by atoms with Crippen LogP contribution in [-0.2, 0) is 0 Å². The van der Waals surface area contributed by atoms with Crippen LogP contribution in [0.2, 0.25) is 0 Å². The number of fused-ring (bicyclic) bond motifs is 1. The molecule has 0 radical (unpaired) electrons. The molecule has 0 aliphatic carbocycles. The van der Waals surface area contributed by atoms with Gasteiger partial charge in [-0.15, -0.1) is 0 Å². The number of aromatic nitrogens is 2. The highest BCUT2D eigenvalue weighted by molar-refractivity contribution is 9.10. The van der Waals surface area contributed by atoms with Gasteiger partial charge in [-0.1, -0.05) is 0 Å². The van der Waals surface area contributed by atoms with Gasteiger partial charge in [0.15, 0.2) is 0 Å². The minimum Gasteiger partial charge on any atom is -0.478 e. The minimum atomic E-state index is -1.09. The monoisotopic (exact) mass is 352 g/mol. The molecule has 106 valence electrons. The standard InChI is InChI=1S/C14H7BrF2N2O2/c15-8-4-12(10(17)5-9(8)16)19-6-18-11-2-1-7(14(20)21)3-13(11)19/h1-6H,(H,20,21). The number of imidazole rings is 1. The van der Waals surface area contributed by atoms with Gasteiger partial charge in [-0.05, 0) is 40.2 Å². The van der Waals surface area contributed by atoms with Crippen molar-refractivity contribution < 1.29 is 18.7 Å². The molecule has 0 saturated heterocycles. The number of aromatic carboxylic acids is 1. The zero-order chi connectivity index (χ0) is 15.1. The third kappa shape index (κ3) is 2.29. The summed E-state index contributed by atoms with van der Waals surface area (Å²) in [6, 6.07) is 6.37. The molecule has 0 spiro atoms. The lowest BCUT2D eigenvalue weighted by atomic mass is 10.2. The smallest absolute Gasteiger partial charge is 0.335 e. The van der Waals surface area contributed by atoms with Gasteiger partial charge in [-0.2, -0.15) is 0 Å². The number of benzene rings is 2. The first-order valence-electron chi connectivity index (χ1n) is 5.82. The number of rotatable bonds is 2. The van der Waals surface area contributed by atoms with Gasteiger partial charge < -0.3 is 5.11 Å². The fourth-order valence-corrected chi connectivity index (χ4v) is 2.36. The molecule has 4 nitrogen and oxygen atoms in total. The topological polar surface area (TPSA) is 55.1 Å².